The molecule has 5 nitrogen and oxygen atoms in total. The molecule has 0 unspecified atom stereocenters. The maximum Gasteiger partial charge on any atom is 0.356 e. The normalized spacial score (nSPS) is 12.4. The Hall–Kier alpha value is -2.24. The summed E-state index contributed by atoms with van der Waals surface area (Å²) in [5, 5.41) is 11.1. The number of unbranched alkanes of at least 4 members (excludes halogenated alkanes) is 2. The third-order valence-electron chi connectivity index (χ3n) is 4.65. The van der Waals surface area contributed by atoms with Gasteiger partial charge in [0.15, 0.2) is 0 Å². The molecule has 3 aromatic rings. The number of hydrogen-bond donors (Lipinski definition) is 2. The third-order valence-corrected chi connectivity index (χ3v) is 4.90. The molecular formula is C21H27ClN3O2+. The van der Waals surface area contributed by atoms with Crippen molar-refractivity contribution >= 4 is 28.6 Å². The molecule has 0 spiro atoms. The van der Waals surface area contributed by atoms with E-state index in [9.17, 15) is 5.11 Å². The van der Waals surface area contributed by atoms with Gasteiger partial charge in [0, 0.05) is 5.02 Å². The highest BCUT2D eigenvalue weighted by atomic mass is 35.5. The molecule has 2 aromatic carbocycles. The molecule has 0 aliphatic rings. The van der Waals surface area contributed by atoms with Crippen LogP contribution in [-0.4, -0.2) is 22.4 Å². The lowest BCUT2D eigenvalue weighted by Crippen LogP contribution is -2.43. The predicted octanol–water partition coefficient (Wildman–Crippen LogP) is 3.79. The number of para-hydroxylation sites is 2. The zero-order valence-corrected chi connectivity index (χ0v) is 16.4. The molecule has 1 heterocycles. The fourth-order valence-electron chi connectivity index (χ4n) is 3.25. The first kappa shape index (κ1) is 19.5. The number of hydrogen-bond acceptors (Lipinski definition) is 3. The van der Waals surface area contributed by atoms with Gasteiger partial charge in [0.1, 0.15) is 36.0 Å². The van der Waals surface area contributed by atoms with Crippen LogP contribution in [0.4, 0.5) is 5.95 Å². The number of anilines is 1. The average molecular weight is 389 g/mol. The standard InChI is InChI=1S/C21H26ClN3O2/c1-2-3-6-13-24-19-7-4-5-8-20(19)25(21(24)23)14-17(26)15-27-18-11-9-16(22)10-12-18/h4-5,7-12,17,23,26H,2-3,6,13-15H2,1H3/p+1/t17-/m1/s1. The number of aryl methyl sites for hydroxylation is 1. The summed E-state index contributed by atoms with van der Waals surface area (Å²) in [5.41, 5.74) is 8.55. The number of benzene rings is 2. The lowest BCUT2D eigenvalue weighted by molar-refractivity contribution is -0.665. The molecule has 0 radical (unpaired) electrons. The molecule has 0 saturated heterocycles. The average Bonchev–Trinajstić information content (AvgIpc) is 2.94. The Morgan fingerprint density at radius 1 is 1.15 bits per heavy atom. The molecule has 0 bridgehead atoms. The fraction of sp³-hybridized carbons (Fsp3) is 0.381. The summed E-state index contributed by atoms with van der Waals surface area (Å²) >= 11 is 5.88. The number of ether oxygens (including phenoxy) is 1. The molecule has 1 aromatic heterocycles. The lowest BCUT2D eigenvalue weighted by atomic mass is 10.2. The number of nitrogens with two attached hydrogens (primary N) is 1. The quantitative estimate of drug-likeness (QED) is 0.433. The molecule has 0 aliphatic heterocycles. The first-order valence-corrected chi connectivity index (χ1v) is 9.81. The van der Waals surface area contributed by atoms with E-state index in [4.69, 9.17) is 22.1 Å². The molecule has 0 saturated carbocycles. The number of imidazole rings is 1. The number of nitrogens with zero attached hydrogens (tertiary/aromatic N) is 2. The van der Waals surface area contributed by atoms with Crippen molar-refractivity contribution < 1.29 is 14.4 Å². The van der Waals surface area contributed by atoms with Crippen LogP contribution in [0, 0.1) is 0 Å². The molecule has 0 fully saturated rings. The number of fused-ring (bicyclic) bond motifs is 1. The molecule has 0 amide bonds. The maximum atomic E-state index is 10.5. The summed E-state index contributed by atoms with van der Waals surface area (Å²) in [6.07, 6.45) is 2.74. The van der Waals surface area contributed by atoms with Gasteiger partial charge in [-0.05, 0) is 42.8 Å². The van der Waals surface area contributed by atoms with Crippen molar-refractivity contribution in [2.75, 3.05) is 12.3 Å². The van der Waals surface area contributed by atoms with Gasteiger partial charge in [-0.2, -0.15) is 0 Å². The van der Waals surface area contributed by atoms with Crippen molar-refractivity contribution in [3.8, 4) is 5.75 Å². The van der Waals surface area contributed by atoms with E-state index in [1.165, 1.54) is 12.8 Å². The van der Waals surface area contributed by atoms with Crippen molar-refractivity contribution in [1.29, 1.82) is 0 Å². The molecule has 144 valence electrons. The number of aromatic nitrogens is 2. The molecule has 0 aliphatic carbocycles. The van der Waals surface area contributed by atoms with Crippen LogP contribution in [0.3, 0.4) is 0 Å². The predicted molar refractivity (Wildman–Crippen MR) is 109 cm³/mol. The van der Waals surface area contributed by atoms with Crippen LogP contribution >= 0.6 is 11.6 Å². The Morgan fingerprint density at radius 3 is 2.63 bits per heavy atom. The van der Waals surface area contributed by atoms with Crippen LogP contribution in [0.5, 0.6) is 5.75 Å². The van der Waals surface area contributed by atoms with Crippen LogP contribution in [-0.2, 0) is 13.1 Å². The zero-order valence-electron chi connectivity index (χ0n) is 15.6. The Labute approximate surface area is 164 Å². The van der Waals surface area contributed by atoms with Gasteiger partial charge < -0.3 is 9.84 Å². The summed E-state index contributed by atoms with van der Waals surface area (Å²) in [5.74, 6) is 1.34. The second-order valence-corrected chi connectivity index (χ2v) is 7.17. The van der Waals surface area contributed by atoms with Crippen LogP contribution in [0.2, 0.25) is 5.02 Å². The number of halogens is 1. The summed E-state index contributed by atoms with van der Waals surface area (Å²) < 4.78 is 9.77. The van der Waals surface area contributed by atoms with Crippen LogP contribution in [0.1, 0.15) is 26.2 Å². The van der Waals surface area contributed by atoms with E-state index >= 15 is 0 Å². The fourth-order valence-corrected chi connectivity index (χ4v) is 3.37. The zero-order chi connectivity index (χ0) is 19.2. The highest BCUT2D eigenvalue weighted by molar-refractivity contribution is 6.30. The first-order chi connectivity index (χ1) is 13.1. The SMILES string of the molecule is CCCCCn1c(N)[n+](C[C@@H](O)COc2ccc(Cl)cc2)c2ccccc21. The van der Waals surface area contributed by atoms with Crippen LogP contribution in [0.25, 0.3) is 11.0 Å². The van der Waals surface area contributed by atoms with Gasteiger partial charge in [0.25, 0.3) is 0 Å². The lowest BCUT2D eigenvalue weighted by Gasteiger charge is -2.12. The largest absolute Gasteiger partial charge is 0.491 e. The second kappa shape index (κ2) is 9.11. The van der Waals surface area contributed by atoms with Crippen molar-refractivity contribution in [1.82, 2.24) is 4.57 Å². The molecule has 1 atom stereocenters. The summed E-state index contributed by atoms with van der Waals surface area (Å²) in [6, 6.07) is 15.2. The van der Waals surface area contributed by atoms with Gasteiger partial charge in [0.2, 0.25) is 0 Å². The number of aliphatic hydroxyl groups excluding tert-OH is 1. The molecule has 6 heteroatoms. The van der Waals surface area contributed by atoms with E-state index < -0.39 is 6.10 Å². The van der Waals surface area contributed by atoms with Gasteiger partial charge in [-0.1, -0.05) is 43.5 Å². The Morgan fingerprint density at radius 2 is 1.89 bits per heavy atom. The Balaban J connectivity index is 1.73. The van der Waals surface area contributed by atoms with Crippen molar-refractivity contribution in [2.45, 2.75) is 45.4 Å². The van der Waals surface area contributed by atoms with Gasteiger partial charge >= 0.3 is 5.95 Å². The highest BCUT2D eigenvalue weighted by Crippen LogP contribution is 2.18. The highest BCUT2D eigenvalue weighted by Gasteiger charge is 2.22. The number of aliphatic hydroxyl groups is 1. The summed E-state index contributed by atoms with van der Waals surface area (Å²) in [6.45, 7) is 3.63. The van der Waals surface area contributed by atoms with E-state index in [1.54, 1.807) is 24.3 Å². The minimum absolute atomic E-state index is 0.184. The maximum absolute atomic E-state index is 10.5. The van der Waals surface area contributed by atoms with E-state index in [0.717, 1.165) is 24.0 Å². The Bertz CT molecular complexity index is 877. The van der Waals surface area contributed by atoms with E-state index in [2.05, 4.69) is 17.6 Å². The summed E-state index contributed by atoms with van der Waals surface area (Å²) in [4.78, 5) is 0. The minimum atomic E-state index is -0.678. The minimum Gasteiger partial charge on any atom is -0.491 e. The Kier molecular flexibility index (Phi) is 6.58. The van der Waals surface area contributed by atoms with Gasteiger partial charge in [-0.3, -0.25) is 5.73 Å². The van der Waals surface area contributed by atoms with Crippen molar-refractivity contribution in [3.63, 3.8) is 0 Å². The topological polar surface area (TPSA) is 64.3 Å². The van der Waals surface area contributed by atoms with E-state index in [-0.39, 0.29) is 6.61 Å². The molecule has 27 heavy (non-hydrogen) atoms. The van der Waals surface area contributed by atoms with E-state index in [0.29, 0.717) is 23.3 Å². The van der Waals surface area contributed by atoms with Crippen LogP contribution in [0.15, 0.2) is 48.5 Å². The molecule has 3 N–H and O–H groups in total. The number of rotatable bonds is 9. The smallest absolute Gasteiger partial charge is 0.356 e. The first-order valence-electron chi connectivity index (χ1n) is 9.43. The molecule has 3 rings (SSSR count). The monoisotopic (exact) mass is 388 g/mol. The van der Waals surface area contributed by atoms with E-state index in [1.807, 2.05) is 22.8 Å². The van der Waals surface area contributed by atoms with Gasteiger partial charge in [0.05, 0.1) is 6.54 Å². The second-order valence-electron chi connectivity index (χ2n) is 6.74. The number of nitrogen functional groups attached to an aromatic ring is 1. The van der Waals surface area contributed by atoms with Crippen molar-refractivity contribution in [3.05, 3.63) is 53.6 Å². The van der Waals surface area contributed by atoms with Crippen LogP contribution < -0.4 is 15.0 Å². The van der Waals surface area contributed by atoms with Crippen molar-refractivity contribution in [2.24, 2.45) is 0 Å². The molecular weight excluding hydrogens is 362 g/mol. The summed E-state index contributed by atoms with van der Waals surface area (Å²) in [7, 11) is 0. The third kappa shape index (κ3) is 4.73. The van der Waals surface area contributed by atoms with Gasteiger partial charge in [-0.25, -0.2) is 9.13 Å². The van der Waals surface area contributed by atoms with Gasteiger partial charge in [-0.15, -0.1) is 0 Å².